The molecule has 2 heterocycles. The van der Waals surface area contributed by atoms with Gasteiger partial charge in [0.2, 0.25) is 0 Å². The van der Waals surface area contributed by atoms with Gasteiger partial charge in [0.15, 0.2) is 5.96 Å². The number of rotatable bonds is 4. The number of nitrogens with zero attached hydrogens (tertiary/aromatic N) is 1. The summed E-state index contributed by atoms with van der Waals surface area (Å²) in [4.78, 5) is 4.94. The Morgan fingerprint density at radius 3 is 2.78 bits per heavy atom. The summed E-state index contributed by atoms with van der Waals surface area (Å²) < 4.78 is 11.9. The smallest absolute Gasteiger partial charge is 0.191 e. The van der Waals surface area contributed by atoms with E-state index in [1.54, 1.807) is 0 Å². The van der Waals surface area contributed by atoms with Crippen LogP contribution in [0, 0.1) is 11.3 Å². The van der Waals surface area contributed by atoms with Crippen molar-refractivity contribution < 1.29 is 9.47 Å². The van der Waals surface area contributed by atoms with Crippen LogP contribution in [-0.4, -0.2) is 38.4 Å². The lowest BCUT2D eigenvalue weighted by Gasteiger charge is -2.39. The van der Waals surface area contributed by atoms with Gasteiger partial charge in [0.1, 0.15) is 5.75 Å². The number of aliphatic imine (C=N–C) groups is 1. The highest BCUT2D eigenvalue weighted by molar-refractivity contribution is 5.80. The predicted octanol–water partition coefficient (Wildman–Crippen LogP) is 3.91. The first-order valence-corrected chi connectivity index (χ1v) is 10.4. The van der Waals surface area contributed by atoms with E-state index in [-0.39, 0.29) is 17.6 Å². The summed E-state index contributed by atoms with van der Waals surface area (Å²) >= 11 is 0. The molecule has 0 bridgehead atoms. The molecule has 3 unspecified atom stereocenters. The first-order valence-electron chi connectivity index (χ1n) is 10.4. The minimum atomic E-state index is 0.145. The van der Waals surface area contributed by atoms with Gasteiger partial charge in [-0.3, -0.25) is 4.99 Å². The quantitative estimate of drug-likeness (QED) is 0.621. The number of fused-ring (bicyclic) bond motifs is 1. The third kappa shape index (κ3) is 5.16. The van der Waals surface area contributed by atoms with Crippen LogP contribution in [0.3, 0.4) is 0 Å². The van der Waals surface area contributed by atoms with Gasteiger partial charge in [0.05, 0.1) is 18.8 Å². The van der Waals surface area contributed by atoms with E-state index in [2.05, 4.69) is 50.5 Å². The van der Waals surface area contributed by atoms with Gasteiger partial charge in [-0.05, 0) is 31.2 Å². The maximum absolute atomic E-state index is 6.12. The molecule has 0 aromatic heterocycles. The van der Waals surface area contributed by atoms with Crippen LogP contribution in [0.2, 0.25) is 0 Å². The second kappa shape index (κ2) is 8.96. The molecule has 0 spiro atoms. The molecule has 2 aliphatic heterocycles. The molecule has 2 N–H and O–H groups in total. The van der Waals surface area contributed by atoms with Crippen molar-refractivity contribution in [2.45, 2.75) is 59.1 Å². The zero-order chi connectivity index (χ0) is 19.3. The highest BCUT2D eigenvalue weighted by Crippen LogP contribution is 2.34. The normalized spacial score (nSPS) is 26.1. The van der Waals surface area contributed by atoms with Crippen molar-refractivity contribution in [3.05, 3.63) is 29.8 Å². The van der Waals surface area contributed by atoms with Gasteiger partial charge in [0, 0.05) is 37.6 Å². The van der Waals surface area contributed by atoms with Crippen molar-refractivity contribution in [2.75, 3.05) is 26.3 Å². The summed E-state index contributed by atoms with van der Waals surface area (Å²) in [5.74, 6) is 2.33. The van der Waals surface area contributed by atoms with Crippen LogP contribution in [0.5, 0.6) is 5.75 Å². The molecule has 1 aromatic rings. The van der Waals surface area contributed by atoms with Crippen molar-refractivity contribution in [3.63, 3.8) is 0 Å². The molecule has 0 radical (unpaired) electrons. The minimum Gasteiger partial charge on any atom is -0.493 e. The number of guanidine groups is 1. The first-order chi connectivity index (χ1) is 13.0. The van der Waals surface area contributed by atoms with Crippen LogP contribution in [0.1, 0.15) is 58.6 Å². The van der Waals surface area contributed by atoms with Crippen molar-refractivity contribution in [1.29, 1.82) is 0 Å². The third-order valence-corrected chi connectivity index (χ3v) is 5.40. The SMILES string of the molecule is CCNC(=NCC1CCCOC1C(C)(C)C)NC1CCOc2ccccc21. The topological polar surface area (TPSA) is 54.9 Å². The van der Waals surface area contributed by atoms with Crippen molar-refractivity contribution in [2.24, 2.45) is 16.3 Å². The Kier molecular flexibility index (Phi) is 6.64. The predicted molar refractivity (Wildman–Crippen MR) is 110 cm³/mol. The monoisotopic (exact) mass is 373 g/mol. The Morgan fingerprint density at radius 1 is 1.19 bits per heavy atom. The van der Waals surface area contributed by atoms with Gasteiger partial charge >= 0.3 is 0 Å². The molecule has 2 aliphatic rings. The number of benzene rings is 1. The fraction of sp³-hybridized carbons (Fsp3) is 0.682. The molecule has 150 valence electrons. The van der Waals surface area contributed by atoms with Gasteiger partial charge in [-0.2, -0.15) is 0 Å². The molecule has 3 rings (SSSR count). The highest BCUT2D eigenvalue weighted by Gasteiger charge is 2.35. The van der Waals surface area contributed by atoms with Crippen LogP contribution < -0.4 is 15.4 Å². The van der Waals surface area contributed by atoms with Crippen LogP contribution in [-0.2, 0) is 4.74 Å². The molecule has 5 heteroatoms. The van der Waals surface area contributed by atoms with Gasteiger partial charge < -0.3 is 20.1 Å². The van der Waals surface area contributed by atoms with Gasteiger partial charge in [-0.25, -0.2) is 0 Å². The highest BCUT2D eigenvalue weighted by atomic mass is 16.5. The van der Waals surface area contributed by atoms with E-state index in [1.807, 2.05) is 12.1 Å². The van der Waals surface area contributed by atoms with Gasteiger partial charge in [-0.1, -0.05) is 39.0 Å². The Labute approximate surface area is 163 Å². The van der Waals surface area contributed by atoms with Crippen molar-refractivity contribution >= 4 is 5.96 Å². The third-order valence-electron chi connectivity index (χ3n) is 5.40. The van der Waals surface area contributed by atoms with Crippen molar-refractivity contribution in [3.8, 4) is 5.75 Å². The lowest BCUT2D eigenvalue weighted by molar-refractivity contribution is -0.0823. The Morgan fingerprint density at radius 2 is 2.00 bits per heavy atom. The molecular formula is C22H35N3O2. The fourth-order valence-corrected chi connectivity index (χ4v) is 4.17. The standard InChI is InChI=1S/C22H35N3O2/c1-5-23-21(24-15-16-9-8-13-27-20(16)22(2,3)4)25-18-12-14-26-19-11-7-6-10-17(18)19/h6-7,10-11,16,18,20H,5,8-9,12-15H2,1-4H3,(H2,23,24,25). The number of nitrogens with one attached hydrogen (secondary N) is 2. The van der Waals surface area contributed by atoms with E-state index < -0.39 is 0 Å². The largest absolute Gasteiger partial charge is 0.493 e. The van der Waals surface area contributed by atoms with Crippen LogP contribution in [0.25, 0.3) is 0 Å². The summed E-state index contributed by atoms with van der Waals surface area (Å²) in [5.41, 5.74) is 1.36. The van der Waals surface area contributed by atoms with Crippen LogP contribution in [0.15, 0.2) is 29.3 Å². The molecule has 0 aliphatic carbocycles. The number of hydrogen-bond donors (Lipinski definition) is 2. The molecule has 1 saturated heterocycles. The Bertz CT molecular complexity index is 639. The molecule has 5 nitrogen and oxygen atoms in total. The fourth-order valence-electron chi connectivity index (χ4n) is 4.17. The summed E-state index contributed by atoms with van der Waals surface area (Å²) in [5, 5.41) is 7.04. The molecule has 0 amide bonds. The molecular weight excluding hydrogens is 338 g/mol. The number of hydrogen-bond acceptors (Lipinski definition) is 3. The maximum Gasteiger partial charge on any atom is 0.191 e. The zero-order valence-electron chi connectivity index (χ0n) is 17.3. The van der Waals surface area contributed by atoms with E-state index in [1.165, 1.54) is 12.0 Å². The minimum absolute atomic E-state index is 0.145. The van der Waals surface area contributed by atoms with Crippen LogP contribution >= 0.6 is 0 Å². The molecule has 27 heavy (non-hydrogen) atoms. The first kappa shape index (κ1) is 20.0. The molecule has 1 fully saturated rings. The molecule has 1 aromatic carbocycles. The maximum atomic E-state index is 6.12. The second-order valence-corrected chi connectivity index (χ2v) is 8.65. The lowest BCUT2D eigenvalue weighted by Crippen LogP contribution is -2.43. The van der Waals surface area contributed by atoms with Crippen molar-refractivity contribution in [1.82, 2.24) is 10.6 Å². The lowest BCUT2D eigenvalue weighted by atomic mass is 9.78. The molecule has 3 atom stereocenters. The number of para-hydroxylation sites is 1. The summed E-state index contributed by atoms with van der Waals surface area (Å²) in [7, 11) is 0. The average molecular weight is 374 g/mol. The van der Waals surface area contributed by atoms with Gasteiger partial charge in [-0.15, -0.1) is 0 Å². The van der Waals surface area contributed by atoms with Gasteiger partial charge in [0.25, 0.3) is 0 Å². The van der Waals surface area contributed by atoms with E-state index in [9.17, 15) is 0 Å². The summed E-state index contributed by atoms with van der Waals surface area (Å²) in [6.45, 7) is 12.2. The Hall–Kier alpha value is -1.75. The van der Waals surface area contributed by atoms with E-state index >= 15 is 0 Å². The number of ether oxygens (including phenoxy) is 2. The average Bonchev–Trinajstić information content (AvgIpc) is 2.66. The summed E-state index contributed by atoms with van der Waals surface area (Å²) in [6.07, 6.45) is 3.52. The van der Waals surface area contributed by atoms with E-state index in [0.717, 1.165) is 50.9 Å². The van der Waals surface area contributed by atoms with E-state index in [4.69, 9.17) is 14.5 Å². The zero-order valence-corrected chi connectivity index (χ0v) is 17.3. The van der Waals surface area contributed by atoms with E-state index in [0.29, 0.717) is 5.92 Å². The summed E-state index contributed by atoms with van der Waals surface area (Å²) in [6, 6.07) is 8.50. The Balaban J connectivity index is 1.70. The molecule has 0 saturated carbocycles. The second-order valence-electron chi connectivity index (χ2n) is 8.65. The van der Waals surface area contributed by atoms with Crippen LogP contribution in [0.4, 0.5) is 0 Å².